The molecule has 0 aromatic heterocycles. The predicted molar refractivity (Wildman–Crippen MR) is 71.8 cm³/mol. The third kappa shape index (κ3) is 4.94. The summed E-state index contributed by atoms with van der Waals surface area (Å²) in [7, 11) is 0. The van der Waals surface area contributed by atoms with E-state index in [0.717, 1.165) is 12.8 Å². The quantitative estimate of drug-likeness (QED) is 0.736. The number of aliphatic carboxylic acids is 1. The van der Waals surface area contributed by atoms with E-state index >= 15 is 0 Å². The summed E-state index contributed by atoms with van der Waals surface area (Å²) in [6, 6.07) is 0.154. The average Bonchev–Trinajstić information content (AvgIpc) is 2.29. The van der Waals surface area contributed by atoms with Crippen molar-refractivity contribution in [1.29, 1.82) is 0 Å². The highest BCUT2D eigenvalue weighted by atomic mass is 16.5. The minimum absolute atomic E-state index is 0.154. The Labute approximate surface area is 110 Å². The first-order valence-electron chi connectivity index (χ1n) is 7.07. The molecule has 1 unspecified atom stereocenters. The van der Waals surface area contributed by atoms with Crippen LogP contribution in [0.25, 0.3) is 0 Å². The fraction of sp³-hybridized carbons (Fsp3) is 0.929. The van der Waals surface area contributed by atoms with Crippen LogP contribution in [-0.4, -0.2) is 35.4 Å². The van der Waals surface area contributed by atoms with Crippen LogP contribution in [0.15, 0.2) is 0 Å². The van der Waals surface area contributed by atoms with Gasteiger partial charge in [0.1, 0.15) is 5.54 Å². The molecular weight excluding hydrogens is 230 g/mol. The summed E-state index contributed by atoms with van der Waals surface area (Å²) in [5.74, 6) is -0.802. The van der Waals surface area contributed by atoms with Crippen LogP contribution in [0, 0.1) is 0 Å². The second kappa shape index (κ2) is 7.10. The summed E-state index contributed by atoms with van der Waals surface area (Å²) in [4.78, 5) is 11.3. The van der Waals surface area contributed by atoms with E-state index in [2.05, 4.69) is 5.32 Å². The van der Waals surface area contributed by atoms with E-state index in [1.807, 2.05) is 13.8 Å². The van der Waals surface area contributed by atoms with Crippen LogP contribution in [0.3, 0.4) is 0 Å². The molecule has 106 valence electrons. The Morgan fingerprint density at radius 1 is 1.39 bits per heavy atom. The third-order valence-corrected chi connectivity index (χ3v) is 3.59. The van der Waals surface area contributed by atoms with E-state index in [0.29, 0.717) is 19.1 Å². The van der Waals surface area contributed by atoms with Crippen molar-refractivity contribution in [2.45, 2.75) is 77.0 Å². The SMILES string of the molecule is CC(C)NC(C)(CCOC1CCCCC1)C(=O)O. The fourth-order valence-electron chi connectivity index (χ4n) is 2.54. The Balaban J connectivity index is 2.35. The highest BCUT2D eigenvalue weighted by molar-refractivity contribution is 5.78. The second-order valence-corrected chi connectivity index (χ2v) is 5.82. The molecule has 0 saturated heterocycles. The lowest BCUT2D eigenvalue weighted by Gasteiger charge is -2.30. The van der Waals surface area contributed by atoms with Gasteiger partial charge >= 0.3 is 5.97 Å². The second-order valence-electron chi connectivity index (χ2n) is 5.82. The van der Waals surface area contributed by atoms with Gasteiger partial charge in [0.05, 0.1) is 6.10 Å². The van der Waals surface area contributed by atoms with Crippen molar-refractivity contribution in [3.63, 3.8) is 0 Å². The molecule has 1 rings (SSSR count). The molecule has 2 N–H and O–H groups in total. The standard InChI is InChI=1S/C14H27NO3/c1-11(2)15-14(3,13(16)17)9-10-18-12-7-5-4-6-8-12/h11-12,15H,4-10H2,1-3H3,(H,16,17). The van der Waals surface area contributed by atoms with Crippen LogP contribution in [0.4, 0.5) is 0 Å². The maximum absolute atomic E-state index is 11.3. The van der Waals surface area contributed by atoms with E-state index in [-0.39, 0.29) is 6.04 Å². The molecule has 1 aliphatic rings. The van der Waals surface area contributed by atoms with Crippen LogP contribution in [0.2, 0.25) is 0 Å². The Morgan fingerprint density at radius 2 is 2.00 bits per heavy atom. The zero-order valence-electron chi connectivity index (χ0n) is 11.9. The minimum Gasteiger partial charge on any atom is -0.480 e. The highest BCUT2D eigenvalue weighted by Gasteiger charge is 2.33. The van der Waals surface area contributed by atoms with E-state index in [1.165, 1.54) is 19.3 Å². The summed E-state index contributed by atoms with van der Waals surface area (Å²) in [6.07, 6.45) is 6.90. The van der Waals surface area contributed by atoms with Crippen molar-refractivity contribution in [3.8, 4) is 0 Å². The Hall–Kier alpha value is -0.610. The van der Waals surface area contributed by atoms with Crippen molar-refractivity contribution >= 4 is 5.97 Å². The molecule has 0 bridgehead atoms. The number of carboxylic acids is 1. The van der Waals surface area contributed by atoms with Gasteiger partial charge < -0.3 is 9.84 Å². The molecule has 18 heavy (non-hydrogen) atoms. The highest BCUT2D eigenvalue weighted by Crippen LogP contribution is 2.21. The van der Waals surface area contributed by atoms with E-state index in [1.54, 1.807) is 6.92 Å². The zero-order chi connectivity index (χ0) is 13.6. The summed E-state index contributed by atoms with van der Waals surface area (Å²) >= 11 is 0. The maximum atomic E-state index is 11.3. The molecular formula is C14H27NO3. The first-order chi connectivity index (χ1) is 8.44. The lowest BCUT2D eigenvalue weighted by atomic mass is 9.96. The topological polar surface area (TPSA) is 58.6 Å². The number of carbonyl (C=O) groups is 1. The molecule has 0 radical (unpaired) electrons. The molecule has 0 heterocycles. The van der Waals surface area contributed by atoms with Gasteiger partial charge in [0, 0.05) is 12.6 Å². The minimum atomic E-state index is -0.886. The van der Waals surface area contributed by atoms with Gasteiger partial charge in [-0.1, -0.05) is 19.3 Å². The van der Waals surface area contributed by atoms with Gasteiger partial charge in [0.25, 0.3) is 0 Å². The monoisotopic (exact) mass is 257 g/mol. The van der Waals surface area contributed by atoms with Crippen molar-refractivity contribution in [2.24, 2.45) is 0 Å². The zero-order valence-corrected chi connectivity index (χ0v) is 11.9. The largest absolute Gasteiger partial charge is 0.480 e. The Morgan fingerprint density at radius 3 is 2.50 bits per heavy atom. The molecule has 1 fully saturated rings. The first kappa shape index (κ1) is 15.4. The summed E-state index contributed by atoms with van der Waals surface area (Å²) in [5.41, 5.74) is -0.886. The van der Waals surface area contributed by atoms with Crippen LogP contribution in [0.1, 0.15) is 59.3 Å². The average molecular weight is 257 g/mol. The molecule has 1 saturated carbocycles. The molecule has 0 aromatic carbocycles. The number of ether oxygens (including phenoxy) is 1. The number of hydrogen-bond acceptors (Lipinski definition) is 3. The van der Waals surface area contributed by atoms with E-state index < -0.39 is 11.5 Å². The lowest BCUT2D eigenvalue weighted by Crippen LogP contribution is -2.53. The van der Waals surface area contributed by atoms with Crippen LogP contribution >= 0.6 is 0 Å². The summed E-state index contributed by atoms with van der Waals surface area (Å²) < 4.78 is 5.81. The molecule has 0 amide bonds. The third-order valence-electron chi connectivity index (χ3n) is 3.59. The van der Waals surface area contributed by atoms with Gasteiger partial charge in [-0.05, 0) is 40.0 Å². The van der Waals surface area contributed by atoms with E-state index in [4.69, 9.17) is 4.74 Å². The first-order valence-corrected chi connectivity index (χ1v) is 7.07. The van der Waals surface area contributed by atoms with Crippen molar-refractivity contribution < 1.29 is 14.6 Å². The molecule has 0 spiro atoms. The predicted octanol–water partition coefficient (Wildman–Crippen LogP) is 2.57. The maximum Gasteiger partial charge on any atom is 0.323 e. The molecule has 0 aromatic rings. The number of carboxylic acid groups (broad SMARTS) is 1. The van der Waals surface area contributed by atoms with E-state index in [9.17, 15) is 9.90 Å². The van der Waals surface area contributed by atoms with Gasteiger partial charge in [-0.25, -0.2) is 0 Å². The van der Waals surface area contributed by atoms with Gasteiger partial charge in [0.2, 0.25) is 0 Å². The van der Waals surface area contributed by atoms with Crippen LogP contribution in [0.5, 0.6) is 0 Å². The van der Waals surface area contributed by atoms with Gasteiger partial charge in [-0.15, -0.1) is 0 Å². The molecule has 1 aliphatic carbocycles. The van der Waals surface area contributed by atoms with Gasteiger partial charge in [-0.2, -0.15) is 0 Å². The smallest absolute Gasteiger partial charge is 0.323 e. The molecule has 4 heteroatoms. The van der Waals surface area contributed by atoms with Crippen LogP contribution in [-0.2, 0) is 9.53 Å². The number of rotatable bonds is 7. The molecule has 4 nitrogen and oxygen atoms in total. The van der Waals surface area contributed by atoms with Crippen molar-refractivity contribution in [3.05, 3.63) is 0 Å². The summed E-state index contributed by atoms with van der Waals surface area (Å²) in [5, 5.41) is 12.4. The fourth-order valence-corrected chi connectivity index (χ4v) is 2.54. The molecule has 0 aliphatic heterocycles. The summed E-state index contributed by atoms with van der Waals surface area (Å²) in [6.45, 7) is 6.18. The number of nitrogens with one attached hydrogen (secondary N) is 1. The lowest BCUT2D eigenvalue weighted by molar-refractivity contribution is -0.145. The number of hydrogen-bond donors (Lipinski definition) is 2. The van der Waals surface area contributed by atoms with Gasteiger partial charge in [-0.3, -0.25) is 10.1 Å². The Bertz CT molecular complexity index is 262. The van der Waals surface area contributed by atoms with Crippen molar-refractivity contribution in [2.75, 3.05) is 6.61 Å². The van der Waals surface area contributed by atoms with Crippen LogP contribution < -0.4 is 5.32 Å². The van der Waals surface area contributed by atoms with Gasteiger partial charge in [0.15, 0.2) is 0 Å². The Kier molecular flexibility index (Phi) is 6.09. The van der Waals surface area contributed by atoms with Crippen molar-refractivity contribution in [1.82, 2.24) is 5.32 Å². The molecule has 1 atom stereocenters. The normalized spacial score (nSPS) is 20.9.